The summed E-state index contributed by atoms with van der Waals surface area (Å²) in [6.07, 6.45) is 6.66. The highest BCUT2D eigenvalue weighted by Gasteiger charge is 2.13. The second-order valence-corrected chi connectivity index (χ2v) is 5.53. The standard InChI is InChI=1S/C18H27N3/c1-3-5-12-20-15-13-18(17(19)9-4-2)21(14-15)16-10-7-6-8-11-16/h6-8,10-11,13-14,17,20H,3-5,9,12,19H2,1-2H3. The number of anilines is 1. The van der Waals surface area contributed by atoms with Gasteiger partial charge in [0.25, 0.3) is 0 Å². The molecule has 21 heavy (non-hydrogen) atoms. The third-order valence-corrected chi connectivity index (χ3v) is 3.72. The molecule has 0 amide bonds. The van der Waals surface area contributed by atoms with Crippen LogP contribution in [-0.4, -0.2) is 11.1 Å². The van der Waals surface area contributed by atoms with E-state index < -0.39 is 0 Å². The van der Waals surface area contributed by atoms with E-state index in [-0.39, 0.29) is 6.04 Å². The molecule has 0 saturated carbocycles. The van der Waals surface area contributed by atoms with Crippen molar-refractivity contribution in [3.63, 3.8) is 0 Å². The lowest BCUT2D eigenvalue weighted by Crippen LogP contribution is -2.14. The summed E-state index contributed by atoms with van der Waals surface area (Å²) in [7, 11) is 0. The first kappa shape index (κ1) is 15.6. The molecule has 0 aliphatic rings. The maximum Gasteiger partial charge on any atom is 0.0527 e. The van der Waals surface area contributed by atoms with E-state index in [9.17, 15) is 0 Å². The van der Waals surface area contributed by atoms with Crippen LogP contribution in [0.3, 0.4) is 0 Å². The summed E-state index contributed by atoms with van der Waals surface area (Å²) in [5, 5.41) is 3.50. The van der Waals surface area contributed by atoms with Crippen molar-refractivity contribution >= 4 is 5.69 Å². The van der Waals surface area contributed by atoms with Crippen LogP contribution in [-0.2, 0) is 0 Å². The van der Waals surface area contributed by atoms with Gasteiger partial charge in [-0.15, -0.1) is 0 Å². The molecule has 1 aromatic carbocycles. The summed E-state index contributed by atoms with van der Waals surface area (Å²) >= 11 is 0. The number of nitrogens with one attached hydrogen (secondary N) is 1. The van der Waals surface area contributed by atoms with Crippen molar-refractivity contribution in [3.05, 3.63) is 48.3 Å². The Morgan fingerprint density at radius 2 is 1.90 bits per heavy atom. The molecule has 1 atom stereocenters. The lowest BCUT2D eigenvalue weighted by atomic mass is 10.1. The van der Waals surface area contributed by atoms with Gasteiger partial charge in [-0.2, -0.15) is 0 Å². The molecule has 3 heteroatoms. The predicted octanol–water partition coefficient (Wildman–Crippen LogP) is 4.49. The predicted molar refractivity (Wildman–Crippen MR) is 91.0 cm³/mol. The van der Waals surface area contributed by atoms with Gasteiger partial charge in [0.15, 0.2) is 0 Å². The summed E-state index contributed by atoms with van der Waals surface area (Å²) < 4.78 is 2.22. The quantitative estimate of drug-likeness (QED) is 0.702. The largest absolute Gasteiger partial charge is 0.384 e. The number of benzene rings is 1. The Labute approximate surface area is 128 Å². The fourth-order valence-electron chi connectivity index (χ4n) is 2.54. The molecule has 0 radical (unpaired) electrons. The van der Waals surface area contributed by atoms with Gasteiger partial charge in [0.2, 0.25) is 0 Å². The summed E-state index contributed by atoms with van der Waals surface area (Å²) in [6, 6.07) is 12.7. The van der Waals surface area contributed by atoms with E-state index in [2.05, 4.69) is 60.3 Å². The first-order valence-electron chi connectivity index (χ1n) is 8.03. The minimum Gasteiger partial charge on any atom is -0.384 e. The molecule has 0 bridgehead atoms. The molecule has 0 fully saturated rings. The van der Waals surface area contributed by atoms with Crippen LogP contribution >= 0.6 is 0 Å². The highest BCUT2D eigenvalue weighted by atomic mass is 15.0. The van der Waals surface area contributed by atoms with Crippen LogP contribution in [0.5, 0.6) is 0 Å². The van der Waals surface area contributed by atoms with Gasteiger partial charge >= 0.3 is 0 Å². The van der Waals surface area contributed by atoms with Crippen molar-refractivity contribution in [3.8, 4) is 5.69 Å². The van der Waals surface area contributed by atoms with E-state index in [4.69, 9.17) is 5.73 Å². The molecule has 3 nitrogen and oxygen atoms in total. The molecule has 2 aromatic rings. The second kappa shape index (κ2) is 7.89. The van der Waals surface area contributed by atoms with Crippen molar-refractivity contribution in [2.24, 2.45) is 5.73 Å². The van der Waals surface area contributed by atoms with E-state index >= 15 is 0 Å². The fourth-order valence-corrected chi connectivity index (χ4v) is 2.54. The van der Waals surface area contributed by atoms with Crippen LogP contribution in [0.2, 0.25) is 0 Å². The van der Waals surface area contributed by atoms with E-state index in [0.717, 1.165) is 25.1 Å². The third kappa shape index (κ3) is 4.11. The second-order valence-electron chi connectivity index (χ2n) is 5.53. The molecule has 0 aliphatic carbocycles. The van der Waals surface area contributed by atoms with Crippen molar-refractivity contribution in [2.75, 3.05) is 11.9 Å². The number of hydrogen-bond donors (Lipinski definition) is 2. The Morgan fingerprint density at radius 1 is 1.14 bits per heavy atom. The third-order valence-electron chi connectivity index (χ3n) is 3.72. The zero-order chi connectivity index (χ0) is 15.1. The minimum atomic E-state index is 0.0805. The number of rotatable bonds is 8. The fraction of sp³-hybridized carbons (Fsp3) is 0.444. The molecule has 1 aromatic heterocycles. The number of aromatic nitrogens is 1. The lowest BCUT2D eigenvalue weighted by molar-refractivity contribution is 0.611. The molecule has 114 valence electrons. The Hall–Kier alpha value is -1.74. The van der Waals surface area contributed by atoms with E-state index in [1.165, 1.54) is 24.2 Å². The van der Waals surface area contributed by atoms with Crippen LogP contribution in [0, 0.1) is 0 Å². The van der Waals surface area contributed by atoms with Crippen molar-refractivity contribution in [1.82, 2.24) is 4.57 Å². The summed E-state index contributed by atoms with van der Waals surface area (Å²) in [5.41, 5.74) is 9.88. The number of nitrogens with zero attached hydrogens (tertiary/aromatic N) is 1. The number of nitrogens with two attached hydrogens (primary N) is 1. The maximum absolute atomic E-state index is 6.36. The highest BCUT2D eigenvalue weighted by Crippen LogP contribution is 2.25. The van der Waals surface area contributed by atoms with Gasteiger partial charge < -0.3 is 15.6 Å². The Balaban J connectivity index is 2.27. The topological polar surface area (TPSA) is 43.0 Å². The Morgan fingerprint density at radius 3 is 2.57 bits per heavy atom. The molecule has 3 N–H and O–H groups in total. The molecular weight excluding hydrogens is 258 g/mol. The van der Waals surface area contributed by atoms with Gasteiger partial charge in [-0.05, 0) is 31.0 Å². The SMILES string of the molecule is CCCCNc1cc(C(N)CCC)n(-c2ccccc2)c1. The Bertz CT molecular complexity index is 531. The van der Waals surface area contributed by atoms with Gasteiger partial charge in [0.05, 0.1) is 5.69 Å². The van der Waals surface area contributed by atoms with Gasteiger partial charge in [-0.3, -0.25) is 0 Å². The number of para-hydroxylation sites is 1. The molecule has 2 rings (SSSR count). The molecule has 0 saturated heterocycles. The Kier molecular flexibility index (Phi) is 5.88. The van der Waals surface area contributed by atoms with E-state index in [1.807, 2.05) is 6.07 Å². The van der Waals surface area contributed by atoms with Crippen molar-refractivity contribution < 1.29 is 0 Å². The highest BCUT2D eigenvalue weighted by molar-refractivity contribution is 5.50. The van der Waals surface area contributed by atoms with Crippen LogP contribution in [0.1, 0.15) is 51.3 Å². The van der Waals surface area contributed by atoms with Crippen LogP contribution in [0.4, 0.5) is 5.69 Å². The van der Waals surface area contributed by atoms with Crippen LogP contribution in [0.25, 0.3) is 5.69 Å². The summed E-state index contributed by atoms with van der Waals surface area (Å²) in [4.78, 5) is 0. The lowest BCUT2D eigenvalue weighted by Gasteiger charge is -2.14. The minimum absolute atomic E-state index is 0.0805. The van der Waals surface area contributed by atoms with E-state index in [1.54, 1.807) is 0 Å². The molecule has 0 spiro atoms. The van der Waals surface area contributed by atoms with Crippen molar-refractivity contribution in [1.29, 1.82) is 0 Å². The van der Waals surface area contributed by atoms with Gasteiger partial charge in [0.1, 0.15) is 0 Å². The van der Waals surface area contributed by atoms with Gasteiger partial charge in [-0.1, -0.05) is 44.9 Å². The average molecular weight is 285 g/mol. The smallest absolute Gasteiger partial charge is 0.0527 e. The molecule has 1 unspecified atom stereocenters. The first-order chi connectivity index (χ1) is 10.3. The van der Waals surface area contributed by atoms with Crippen LogP contribution in [0.15, 0.2) is 42.6 Å². The van der Waals surface area contributed by atoms with E-state index in [0.29, 0.717) is 0 Å². The van der Waals surface area contributed by atoms with Crippen molar-refractivity contribution in [2.45, 2.75) is 45.6 Å². The first-order valence-corrected chi connectivity index (χ1v) is 8.03. The summed E-state index contributed by atoms with van der Waals surface area (Å²) in [5.74, 6) is 0. The van der Waals surface area contributed by atoms with Gasteiger partial charge in [0, 0.05) is 30.2 Å². The van der Waals surface area contributed by atoms with Gasteiger partial charge in [-0.25, -0.2) is 0 Å². The zero-order valence-corrected chi connectivity index (χ0v) is 13.2. The molecule has 1 heterocycles. The number of unbranched alkanes of at least 4 members (excludes halogenated alkanes) is 1. The zero-order valence-electron chi connectivity index (χ0n) is 13.2. The summed E-state index contributed by atoms with van der Waals surface area (Å²) in [6.45, 7) is 5.40. The normalized spacial score (nSPS) is 12.3. The molecular formula is C18H27N3. The molecule has 0 aliphatic heterocycles. The monoisotopic (exact) mass is 285 g/mol. The average Bonchev–Trinajstić information content (AvgIpc) is 2.93. The van der Waals surface area contributed by atoms with Crippen LogP contribution < -0.4 is 11.1 Å². The maximum atomic E-state index is 6.36. The number of hydrogen-bond acceptors (Lipinski definition) is 2.